The quantitative estimate of drug-likeness (QED) is 0.163. The van der Waals surface area contributed by atoms with Crippen molar-refractivity contribution in [2.75, 3.05) is 37.7 Å². The van der Waals surface area contributed by atoms with E-state index in [0.717, 1.165) is 47.2 Å². The molecule has 1 fully saturated rings. The third-order valence-electron chi connectivity index (χ3n) is 6.99. The number of benzene rings is 3. The van der Waals surface area contributed by atoms with E-state index < -0.39 is 0 Å². The Labute approximate surface area is 259 Å². The molecule has 2 aromatic heterocycles. The molecule has 1 aliphatic rings. The van der Waals surface area contributed by atoms with Gasteiger partial charge in [0.25, 0.3) is 11.8 Å². The second-order valence-electron chi connectivity index (χ2n) is 9.59. The number of terminal acetylenes is 1. The molecule has 43 heavy (non-hydrogen) atoms. The van der Waals surface area contributed by atoms with Crippen LogP contribution < -0.4 is 9.62 Å². The summed E-state index contributed by atoms with van der Waals surface area (Å²) in [7, 11) is 3.53. The van der Waals surface area contributed by atoms with E-state index in [4.69, 9.17) is 4.42 Å². The number of thiazole rings is 1. The number of carbonyl (C=O) groups is 2. The summed E-state index contributed by atoms with van der Waals surface area (Å²) in [6.45, 7) is 1.77. The average molecular weight is 617 g/mol. The second kappa shape index (κ2) is 14.7. The summed E-state index contributed by atoms with van der Waals surface area (Å²) in [4.78, 5) is 31.0. The molecule has 0 aliphatic carbocycles. The normalized spacial score (nSPS) is 12.6. The zero-order valence-electron chi connectivity index (χ0n) is 24.3. The molecule has 5 aromatic rings. The smallest absolute Gasteiger partial charge is 0.282 e. The first-order valence-electron chi connectivity index (χ1n) is 13.7. The van der Waals surface area contributed by atoms with Crippen molar-refractivity contribution in [3.05, 3.63) is 83.1 Å². The van der Waals surface area contributed by atoms with E-state index in [1.807, 2.05) is 65.0 Å². The molecule has 0 radical (unpaired) electrons. The number of carbonyl (C=O) groups excluding carboxylic acids is 2. The molecule has 1 saturated heterocycles. The fourth-order valence-electron chi connectivity index (χ4n) is 4.74. The molecule has 0 bridgehead atoms. The lowest BCUT2D eigenvalue weighted by Gasteiger charge is -2.25. The summed E-state index contributed by atoms with van der Waals surface area (Å²) in [5.74, 6) is -0.0292. The monoisotopic (exact) mass is 616 g/mol. The van der Waals surface area contributed by atoms with Crippen LogP contribution in [0.3, 0.4) is 0 Å². The topological polar surface area (TPSA) is 78.7 Å². The number of hydrogen-bond donors (Lipinski definition) is 1. The number of anilines is 1. The van der Waals surface area contributed by atoms with Crippen molar-refractivity contribution in [3.8, 4) is 24.2 Å². The fourth-order valence-corrected chi connectivity index (χ4v) is 6.00. The maximum atomic E-state index is 13.2. The highest BCUT2D eigenvalue weighted by atomic mass is 32.2. The molecule has 1 N–H and O–H groups in total. The van der Waals surface area contributed by atoms with E-state index in [9.17, 15) is 14.0 Å². The lowest BCUT2D eigenvalue weighted by atomic mass is 10.0. The number of amides is 2. The Morgan fingerprint density at radius 3 is 2.40 bits per heavy atom. The molecular formula is C33H33FN4O3S2. The molecule has 0 saturated carbocycles. The van der Waals surface area contributed by atoms with Crippen molar-refractivity contribution in [1.29, 1.82) is 0 Å². The van der Waals surface area contributed by atoms with Crippen molar-refractivity contribution in [1.82, 2.24) is 15.2 Å². The zero-order chi connectivity index (χ0) is 30.9. The van der Waals surface area contributed by atoms with Crippen LogP contribution in [0.4, 0.5) is 10.1 Å². The number of aromatic nitrogens is 1. The first-order valence-corrected chi connectivity index (χ1v) is 15.7. The van der Waals surface area contributed by atoms with E-state index in [-0.39, 0.29) is 17.6 Å². The Kier molecular flexibility index (Phi) is 10.8. The van der Waals surface area contributed by atoms with Crippen LogP contribution >= 0.6 is 23.3 Å². The van der Waals surface area contributed by atoms with Crippen LogP contribution in [0.15, 0.2) is 71.1 Å². The van der Waals surface area contributed by atoms with Crippen molar-refractivity contribution in [3.63, 3.8) is 0 Å². The lowest BCUT2D eigenvalue weighted by Crippen LogP contribution is -2.35. The SMILES string of the molecule is C#C.CNC(=O)c1c(-c2ccc(F)cc2)oc2cc(N(C)SC)ccc12.O=C(c1nc2ccccc2s1)N1CCCCC1. The Hall–Kier alpha value is -4.33. The molecule has 0 spiro atoms. The standard InChI is InChI=1S/C18H17FN2O2S.C13H14N2OS.C2H2/c1-20-18(22)16-14-9-8-13(21(2)24-3)10-15(14)23-17(16)11-4-6-12(19)7-5-11;16-13(15-8-4-1-5-9-15)12-14-10-6-2-3-7-11(10)17-12;1-2/h4-10H,1-3H3,(H,20,22);2-3,6-7H,1,4-5,8-9H2;1-2H. The van der Waals surface area contributed by atoms with Crippen LogP contribution in [0.1, 0.15) is 39.4 Å². The minimum atomic E-state index is -0.333. The highest BCUT2D eigenvalue weighted by Crippen LogP contribution is 2.36. The Bertz CT molecular complexity index is 1690. The minimum Gasteiger partial charge on any atom is -0.455 e. The van der Waals surface area contributed by atoms with Crippen LogP contribution in [0, 0.1) is 18.7 Å². The molecule has 6 rings (SSSR count). The number of nitrogens with zero attached hydrogens (tertiary/aromatic N) is 3. The number of likely N-dealkylation sites (tertiary alicyclic amines) is 1. The number of para-hydroxylation sites is 1. The maximum Gasteiger partial charge on any atom is 0.282 e. The highest BCUT2D eigenvalue weighted by Gasteiger charge is 2.23. The summed E-state index contributed by atoms with van der Waals surface area (Å²) in [6.07, 6.45) is 13.5. The number of nitrogens with one attached hydrogen (secondary N) is 1. The van der Waals surface area contributed by atoms with Crippen molar-refractivity contribution in [2.24, 2.45) is 0 Å². The van der Waals surface area contributed by atoms with Gasteiger partial charge in [0.1, 0.15) is 17.2 Å². The summed E-state index contributed by atoms with van der Waals surface area (Å²) < 4.78 is 22.2. The molecule has 1 aliphatic heterocycles. The van der Waals surface area contributed by atoms with Gasteiger partial charge < -0.3 is 18.9 Å². The molecule has 222 valence electrons. The number of furan rings is 1. The second-order valence-corrected chi connectivity index (χ2v) is 11.5. The molecule has 3 heterocycles. The van der Waals surface area contributed by atoms with Gasteiger partial charge in [-0.3, -0.25) is 9.59 Å². The van der Waals surface area contributed by atoms with Crippen LogP contribution in [0.2, 0.25) is 0 Å². The predicted octanol–water partition coefficient (Wildman–Crippen LogP) is 7.48. The van der Waals surface area contributed by atoms with Crippen LogP contribution in [-0.2, 0) is 0 Å². The third kappa shape index (κ3) is 7.19. The van der Waals surface area contributed by atoms with Gasteiger partial charge in [0.15, 0.2) is 5.01 Å². The summed E-state index contributed by atoms with van der Waals surface area (Å²) in [5, 5.41) is 4.00. The van der Waals surface area contributed by atoms with E-state index in [2.05, 4.69) is 23.1 Å². The van der Waals surface area contributed by atoms with Crippen LogP contribution in [0.5, 0.6) is 0 Å². The number of fused-ring (bicyclic) bond motifs is 2. The van der Waals surface area contributed by atoms with Crippen LogP contribution in [-0.4, -0.2) is 55.1 Å². The summed E-state index contributed by atoms with van der Waals surface area (Å²) >= 11 is 3.07. The van der Waals surface area contributed by atoms with Crippen molar-refractivity contribution in [2.45, 2.75) is 19.3 Å². The number of piperidine rings is 1. The fraction of sp³-hybridized carbons (Fsp3) is 0.242. The summed E-state index contributed by atoms with van der Waals surface area (Å²) in [5.41, 5.74) is 3.63. The maximum absolute atomic E-state index is 13.2. The van der Waals surface area contributed by atoms with E-state index >= 15 is 0 Å². The van der Waals surface area contributed by atoms with Gasteiger partial charge >= 0.3 is 0 Å². The number of rotatable bonds is 5. The Balaban J connectivity index is 0.000000195. The van der Waals surface area contributed by atoms with Gasteiger partial charge in [-0.1, -0.05) is 24.1 Å². The molecule has 2 amide bonds. The number of halogens is 1. The minimum absolute atomic E-state index is 0.103. The predicted molar refractivity (Wildman–Crippen MR) is 176 cm³/mol. The zero-order valence-corrected chi connectivity index (χ0v) is 25.9. The van der Waals surface area contributed by atoms with Crippen LogP contribution in [0.25, 0.3) is 32.5 Å². The molecule has 0 atom stereocenters. The van der Waals surface area contributed by atoms with E-state index in [1.54, 1.807) is 31.1 Å². The third-order valence-corrected chi connectivity index (χ3v) is 8.77. The van der Waals surface area contributed by atoms with Gasteiger partial charge in [0.2, 0.25) is 0 Å². The highest BCUT2D eigenvalue weighted by molar-refractivity contribution is 7.99. The van der Waals surface area contributed by atoms with Gasteiger partial charge in [-0.2, -0.15) is 0 Å². The lowest BCUT2D eigenvalue weighted by molar-refractivity contribution is 0.0724. The molecule has 0 unspecified atom stereocenters. The van der Waals surface area contributed by atoms with Gasteiger partial charge in [-0.15, -0.1) is 24.2 Å². The summed E-state index contributed by atoms with van der Waals surface area (Å²) in [6, 6.07) is 19.5. The van der Waals surface area contributed by atoms with E-state index in [1.165, 1.54) is 29.9 Å². The molecular weight excluding hydrogens is 584 g/mol. The first-order chi connectivity index (χ1) is 20.9. The number of hydrogen-bond acceptors (Lipinski definition) is 7. The molecule has 7 nitrogen and oxygen atoms in total. The Morgan fingerprint density at radius 1 is 1.05 bits per heavy atom. The van der Waals surface area contributed by atoms with E-state index in [0.29, 0.717) is 27.5 Å². The first kappa shape index (κ1) is 31.6. The molecule has 10 heteroatoms. The van der Waals surface area contributed by atoms with Gasteiger partial charge in [-0.25, -0.2) is 9.37 Å². The Morgan fingerprint density at radius 2 is 1.74 bits per heavy atom. The average Bonchev–Trinajstić information content (AvgIpc) is 3.67. The van der Waals surface area contributed by atoms with Crippen molar-refractivity contribution < 1.29 is 18.4 Å². The van der Waals surface area contributed by atoms with Gasteiger partial charge in [0.05, 0.1) is 21.5 Å². The van der Waals surface area contributed by atoms with Gasteiger partial charge in [-0.05, 0) is 67.8 Å². The van der Waals surface area contributed by atoms with Crippen molar-refractivity contribution >= 4 is 62.0 Å². The molecule has 3 aromatic carbocycles. The largest absolute Gasteiger partial charge is 0.455 e. The van der Waals surface area contributed by atoms with Gasteiger partial charge in [0, 0.05) is 50.5 Å².